The molecule has 0 aliphatic rings. The molecule has 140 valence electrons. The van der Waals surface area contributed by atoms with Crippen LogP contribution in [0.4, 0.5) is 28.8 Å². The van der Waals surface area contributed by atoms with E-state index >= 15 is 0 Å². The molecule has 0 aliphatic carbocycles. The average molecular weight is 383 g/mol. The molecule has 3 aromatic rings. The molecule has 7 nitrogen and oxygen atoms in total. The molecule has 8 heteroatoms. The van der Waals surface area contributed by atoms with E-state index in [0.717, 1.165) is 22.8 Å². The number of benzene rings is 2. The second-order valence-corrected chi connectivity index (χ2v) is 8.42. The molecule has 0 saturated heterocycles. The van der Waals surface area contributed by atoms with Gasteiger partial charge >= 0.3 is 0 Å². The van der Waals surface area contributed by atoms with Crippen molar-refractivity contribution in [2.24, 2.45) is 0 Å². The van der Waals surface area contributed by atoms with E-state index in [2.05, 4.69) is 15.3 Å². The number of nitrogens with one attached hydrogen (secondary N) is 1. The topological polar surface area (TPSA) is 101 Å². The van der Waals surface area contributed by atoms with Gasteiger partial charge in [-0.3, -0.25) is 0 Å². The van der Waals surface area contributed by atoms with Crippen LogP contribution in [0.3, 0.4) is 0 Å². The third kappa shape index (κ3) is 5.18. The number of aromatic nitrogens is 2. The maximum absolute atomic E-state index is 11.4. The van der Waals surface area contributed by atoms with E-state index in [1.807, 2.05) is 42.3 Å². The van der Waals surface area contributed by atoms with Crippen LogP contribution >= 0.6 is 0 Å². The molecule has 27 heavy (non-hydrogen) atoms. The minimum atomic E-state index is -3.05. The molecular formula is C19H21N5O2S. The van der Waals surface area contributed by atoms with Gasteiger partial charge in [0.25, 0.3) is 0 Å². The largest absolute Gasteiger partial charge is 0.399 e. The van der Waals surface area contributed by atoms with Crippen molar-refractivity contribution in [1.29, 1.82) is 0 Å². The molecule has 1 heterocycles. The fourth-order valence-corrected chi connectivity index (χ4v) is 3.34. The minimum absolute atomic E-state index is 0.0195. The van der Waals surface area contributed by atoms with Crippen LogP contribution in [0.25, 0.3) is 0 Å². The summed E-state index contributed by atoms with van der Waals surface area (Å²) < 4.78 is 22.7. The van der Waals surface area contributed by atoms with Crippen LogP contribution in [-0.2, 0) is 15.6 Å². The number of rotatable bonds is 6. The highest BCUT2D eigenvalue weighted by Crippen LogP contribution is 2.24. The first-order valence-electron chi connectivity index (χ1n) is 8.26. The van der Waals surface area contributed by atoms with E-state index < -0.39 is 9.84 Å². The number of nitrogens with two attached hydrogens (primary N) is 1. The van der Waals surface area contributed by atoms with Gasteiger partial charge in [0.2, 0.25) is 5.95 Å². The number of anilines is 5. The van der Waals surface area contributed by atoms with Crippen molar-refractivity contribution < 1.29 is 8.42 Å². The van der Waals surface area contributed by atoms with Crippen LogP contribution in [0, 0.1) is 0 Å². The Kier molecular flexibility index (Phi) is 5.27. The van der Waals surface area contributed by atoms with Crippen molar-refractivity contribution in [2.45, 2.75) is 5.75 Å². The van der Waals surface area contributed by atoms with Crippen LogP contribution in [0.1, 0.15) is 5.56 Å². The molecule has 0 saturated carbocycles. The van der Waals surface area contributed by atoms with Gasteiger partial charge in [-0.2, -0.15) is 4.98 Å². The molecule has 0 fully saturated rings. The predicted molar refractivity (Wildman–Crippen MR) is 109 cm³/mol. The van der Waals surface area contributed by atoms with Gasteiger partial charge in [-0.25, -0.2) is 13.4 Å². The lowest BCUT2D eigenvalue weighted by Crippen LogP contribution is -2.12. The van der Waals surface area contributed by atoms with E-state index in [0.29, 0.717) is 11.6 Å². The second kappa shape index (κ2) is 7.63. The van der Waals surface area contributed by atoms with Gasteiger partial charge in [0.05, 0.1) is 5.75 Å². The first-order chi connectivity index (χ1) is 12.8. The third-order valence-corrected chi connectivity index (χ3v) is 4.76. The van der Waals surface area contributed by atoms with Crippen LogP contribution in [-0.4, -0.2) is 31.7 Å². The van der Waals surface area contributed by atoms with Crippen LogP contribution in [0.2, 0.25) is 0 Å². The Hall–Kier alpha value is -3.13. The first-order valence-corrected chi connectivity index (χ1v) is 10.3. The standard InChI is InChI=1S/C19H21N5O2S/c1-24(17-9-5-15(20)6-10-17)18-11-12-21-19(23-18)22-16-7-3-14(4-8-16)13-27(2,25)26/h3-12H,13,20H2,1-2H3,(H,21,22,23). The van der Waals surface area contributed by atoms with Crippen molar-refractivity contribution in [3.05, 3.63) is 66.4 Å². The molecule has 2 aromatic carbocycles. The highest BCUT2D eigenvalue weighted by molar-refractivity contribution is 7.89. The molecule has 3 N–H and O–H groups in total. The Labute approximate surface area is 158 Å². The van der Waals surface area contributed by atoms with Crippen molar-refractivity contribution >= 4 is 38.7 Å². The zero-order valence-corrected chi connectivity index (χ0v) is 15.9. The Morgan fingerprint density at radius 3 is 2.33 bits per heavy atom. The zero-order valence-electron chi connectivity index (χ0n) is 15.1. The summed E-state index contributed by atoms with van der Waals surface area (Å²) in [6.07, 6.45) is 2.90. The van der Waals surface area contributed by atoms with Gasteiger partial charge in [-0.15, -0.1) is 0 Å². The molecule has 0 atom stereocenters. The van der Waals surface area contributed by atoms with Gasteiger partial charge in [-0.05, 0) is 48.0 Å². The fraction of sp³-hybridized carbons (Fsp3) is 0.158. The lowest BCUT2D eigenvalue weighted by atomic mass is 10.2. The molecule has 0 radical (unpaired) electrons. The highest BCUT2D eigenvalue weighted by Gasteiger charge is 2.08. The SMILES string of the molecule is CN(c1ccc(N)cc1)c1ccnc(Nc2ccc(CS(C)(=O)=O)cc2)n1. The van der Waals surface area contributed by atoms with E-state index in [9.17, 15) is 8.42 Å². The summed E-state index contributed by atoms with van der Waals surface area (Å²) in [6, 6.07) is 16.5. The number of hydrogen-bond donors (Lipinski definition) is 2. The van der Waals surface area contributed by atoms with Crippen molar-refractivity contribution in [1.82, 2.24) is 9.97 Å². The molecule has 0 unspecified atom stereocenters. The average Bonchev–Trinajstić information content (AvgIpc) is 2.62. The van der Waals surface area contributed by atoms with Crippen LogP contribution < -0.4 is 16.0 Å². The van der Waals surface area contributed by atoms with Gasteiger partial charge in [0.15, 0.2) is 9.84 Å². The molecule has 0 spiro atoms. The maximum atomic E-state index is 11.4. The highest BCUT2D eigenvalue weighted by atomic mass is 32.2. The smallest absolute Gasteiger partial charge is 0.229 e. The summed E-state index contributed by atoms with van der Waals surface area (Å²) in [5.74, 6) is 1.20. The van der Waals surface area contributed by atoms with Crippen molar-refractivity contribution in [2.75, 3.05) is 29.3 Å². The summed E-state index contributed by atoms with van der Waals surface area (Å²) in [5.41, 5.74) is 8.91. The Morgan fingerprint density at radius 2 is 1.70 bits per heavy atom. The number of nitrogens with zero attached hydrogens (tertiary/aromatic N) is 3. The molecule has 0 amide bonds. The summed E-state index contributed by atoms with van der Waals surface area (Å²) in [6.45, 7) is 0. The number of sulfone groups is 1. The normalized spacial score (nSPS) is 11.2. The van der Waals surface area contributed by atoms with E-state index in [-0.39, 0.29) is 5.75 Å². The minimum Gasteiger partial charge on any atom is -0.399 e. The Bertz CT molecular complexity index is 1020. The molecule has 0 aliphatic heterocycles. The van der Waals surface area contributed by atoms with Crippen molar-refractivity contribution in [3.8, 4) is 0 Å². The predicted octanol–water partition coefficient (Wildman–Crippen LogP) is 3.11. The second-order valence-electron chi connectivity index (χ2n) is 6.28. The van der Waals surface area contributed by atoms with E-state index in [1.54, 1.807) is 30.5 Å². The van der Waals surface area contributed by atoms with Crippen LogP contribution in [0.5, 0.6) is 0 Å². The maximum Gasteiger partial charge on any atom is 0.229 e. The number of nitrogen functional groups attached to an aromatic ring is 1. The van der Waals surface area contributed by atoms with E-state index in [4.69, 9.17) is 5.73 Å². The Balaban J connectivity index is 1.75. The molecular weight excluding hydrogens is 362 g/mol. The summed E-state index contributed by atoms with van der Waals surface area (Å²) in [4.78, 5) is 10.7. The van der Waals surface area contributed by atoms with Crippen LogP contribution in [0.15, 0.2) is 60.8 Å². The first kappa shape index (κ1) is 18.7. The van der Waals surface area contributed by atoms with Gasteiger partial charge in [0.1, 0.15) is 5.82 Å². The zero-order chi connectivity index (χ0) is 19.4. The van der Waals surface area contributed by atoms with E-state index in [1.165, 1.54) is 6.26 Å². The Morgan fingerprint density at radius 1 is 1.04 bits per heavy atom. The molecule has 1 aromatic heterocycles. The fourth-order valence-electron chi connectivity index (χ4n) is 2.54. The lowest BCUT2D eigenvalue weighted by Gasteiger charge is -2.19. The summed E-state index contributed by atoms with van der Waals surface area (Å²) >= 11 is 0. The third-order valence-electron chi connectivity index (χ3n) is 3.90. The molecule has 0 bridgehead atoms. The quantitative estimate of drug-likeness (QED) is 0.631. The number of hydrogen-bond acceptors (Lipinski definition) is 7. The summed E-state index contributed by atoms with van der Waals surface area (Å²) in [7, 11) is -1.14. The van der Waals surface area contributed by atoms with Gasteiger partial charge in [0, 0.05) is 36.6 Å². The van der Waals surface area contributed by atoms with Gasteiger partial charge < -0.3 is 16.0 Å². The molecule has 3 rings (SSSR count). The van der Waals surface area contributed by atoms with Crippen molar-refractivity contribution in [3.63, 3.8) is 0 Å². The lowest BCUT2D eigenvalue weighted by molar-refractivity contribution is 0.601. The monoisotopic (exact) mass is 383 g/mol. The van der Waals surface area contributed by atoms with Gasteiger partial charge in [-0.1, -0.05) is 12.1 Å². The summed E-state index contributed by atoms with van der Waals surface area (Å²) in [5, 5.41) is 3.13.